The topological polar surface area (TPSA) is 98.7 Å². The molecule has 0 unspecified atom stereocenters. The van der Waals surface area contributed by atoms with Crippen LogP contribution < -0.4 is 5.46 Å². The molecular formula is C18H24BN3O4. The summed E-state index contributed by atoms with van der Waals surface area (Å²) in [4.78, 5) is 21.6. The Balaban J connectivity index is 1.91. The van der Waals surface area contributed by atoms with Gasteiger partial charge < -0.3 is 19.8 Å². The van der Waals surface area contributed by atoms with Crippen molar-refractivity contribution in [3.63, 3.8) is 0 Å². The molecule has 1 aromatic carbocycles. The van der Waals surface area contributed by atoms with E-state index in [2.05, 4.69) is 9.97 Å². The maximum atomic E-state index is 12.7. The summed E-state index contributed by atoms with van der Waals surface area (Å²) in [6.45, 7) is 5.94. The van der Waals surface area contributed by atoms with Gasteiger partial charge in [0.05, 0.1) is 24.3 Å². The minimum atomic E-state index is -1.55. The van der Waals surface area contributed by atoms with E-state index < -0.39 is 12.7 Å². The number of rotatable bonds is 3. The van der Waals surface area contributed by atoms with Gasteiger partial charge in [0.1, 0.15) is 5.60 Å². The van der Waals surface area contributed by atoms with Crippen LogP contribution in [-0.4, -0.2) is 50.3 Å². The van der Waals surface area contributed by atoms with Crippen LogP contribution in [0.4, 0.5) is 4.79 Å². The number of carbonyl (C=O) groups excluding carboxylic acids is 1. The molecular weight excluding hydrogens is 333 g/mol. The second-order valence-electron chi connectivity index (χ2n) is 7.59. The predicted molar refractivity (Wildman–Crippen MR) is 97.9 cm³/mol. The third-order valence-corrected chi connectivity index (χ3v) is 4.52. The number of nitrogens with zero attached hydrogens (tertiary/aromatic N) is 2. The average Bonchev–Trinajstić information content (AvgIpc) is 3.22. The summed E-state index contributed by atoms with van der Waals surface area (Å²) in [6, 6.07) is 7.00. The number of nitrogens with one attached hydrogen (secondary N) is 1. The zero-order valence-corrected chi connectivity index (χ0v) is 15.2. The molecule has 1 aromatic heterocycles. The maximum absolute atomic E-state index is 12.7. The summed E-state index contributed by atoms with van der Waals surface area (Å²) < 4.78 is 5.57. The highest BCUT2D eigenvalue weighted by molar-refractivity contribution is 6.59. The first kappa shape index (κ1) is 18.5. The standard InChI is InChI=1S/C18H24BN3O4/c1-18(2,3)26-17(23)22-10-12(8-16(22)15-9-20-11-21-15)13-6-4-5-7-14(13)19(24)25/h4-7,9,11-12,16,24-25H,8,10H2,1-3H3,(H,20,21)/t12-,16+/m0/s1. The Morgan fingerprint density at radius 1 is 1.35 bits per heavy atom. The van der Waals surface area contributed by atoms with Crippen molar-refractivity contribution in [3.05, 3.63) is 48.0 Å². The van der Waals surface area contributed by atoms with Crippen LogP contribution >= 0.6 is 0 Å². The summed E-state index contributed by atoms with van der Waals surface area (Å²) in [5.41, 5.74) is 1.54. The molecule has 1 aliphatic rings. The van der Waals surface area contributed by atoms with E-state index in [4.69, 9.17) is 4.74 Å². The van der Waals surface area contributed by atoms with Crippen molar-refractivity contribution >= 4 is 18.7 Å². The zero-order chi connectivity index (χ0) is 18.9. The first-order valence-electron chi connectivity index (χ1n) is 8.69. The van der Waals surface area contributed by atoms with Gasteiger partial charge in [0.25, 0.3) is 0 Å². The van der Waals surface area contributed by atoms with Gasteiger partial charge in [-0.05, 0) is 38.2 Å². The predicted octanol–water partition coefficient (Wildman–Crippen LogP) is 1.56. The Morgan fingerprint density at radius 3 is 2.69 bits per heavy atom. The van der Waals surface area contributed by atoms with Crippen molar-refractivity contribution in [2.24, 2.45) is 0 Å². The molecule has 3 rings (SSSR count). The second-order valence-corrected chi connectivity index (χ2v) is 7.59. The summed E-state index contributed by atoms with van der Waals surface area (Å²) >= 11 is 0. The Hall–Kier alpha value is -2.32. The molecule has 8 heteroatoms. The Kier molecular flexibility index (Phi) is 5.07. The van der Waals surface area contributed by atoms with Gasteiger partial charge in [0.15, 0.2) is 0 Å². The number of imidazole rings is 1. The summed E-state index contributed by atoms with van der Waals surface area (Å²) in [6.07, 6.45) is 3.55. The number of aromatic amines is 1. The second kappa shape index (κ2) is 7.13. The fourth-order valence-electron chi connectivity index (χ4n) is 3.45. The van der Waals surface area contributed by atoms with Crippen LogP contribution in [0.15, 0.2) is 36.8 Å². The lowest BCUT2D eigenvalue weighted by molar-refractivity contribution is 0.0220. The fraction of sp³-hybridized carbons (Fsp3) is 0.444. The van der Waals surface area contributed by atoms with Crippen molar-refractivity contribution < 1.29 is 19.6 Å². The zero-order valence-electron chi connectivity index (χ0n) is 15.2. The van der Waals surface area contributed by atoms with Gasteiger partial charge in [-0.1, -0.05) is 24.3 Å². The number of likely N-dealkylation sites (tertiary alicyclic amines) is 1. The molecule has 7 nitrogen and oxygen atoms in total. The normalized spacial score (nSPS) is 20.3. The molecule has 2 atom stereocenters. The SMILES string of the molecule is CC(C)(C)OC(=O)N1C[C@@H](c2ccccc2B(O)O)C[C@@H]1c1cnc[nH]1. The van der Waals surface area contributed by atoms with E-state index in [-0.39, 0.29) is 18.1 Å². The van der Waals surface area contributed by atoms with Gasteiger partial charge in [-0.15, -0.1) is 0 Å². The summed E-state index contributed by atoms with van der Waals surface area (Å²) in [7, 11) is -1.55. The Morgan fingerprint density at radius 2 is 2.08 bits per heavy atom. The summed E-state index contributed by atoms with van der Waals surface area (Å²) in [5.74, 6) is -0.0335. The fourth-order valence-corrected chi connectivity index (χ4v) is 3.45. The lowest BCUT2D eigenvalue weighted by atomic mass is 9.73. The van der Waals surface area contributed by atoms with E-state index in [1.54, 1.807) is 29.6 Å². The third kappa shape index (κ3) is 3.91. The maximum Gasteiger partial charge on any atom is 0.488 e. The lowest BCUT2D eigenvalue weighted by Gasteiger charge is -2.28. The van der Waals surface area contributed by atoms with Crippen LogP contribution in [0.3, 0.4) is 0 Å². The molecule has 26 heavy (non-hydrogen) atoms. The highest BCUT2D eigenvalue weighted by Gasteiger charge is 2.40. The van der Waals surface area contributed by atoms with E-state index in [0.29, 0.717) is 18.4 Å². The molecule has 0 bridgehead atoms. The molecule has 1 amide bonds. The number of ether oxygens (including phenoxy) is 1. The molecule has 1 aliphatic heterocycles. The lowest BCUT2D eigenvalue weighted by Crippen LogP contribution is -2.37. The van der Waals surface area contributed by atoms with Crippen molar-refractivity contribution in [1.82, 2.24) is 14.9 Å². The number of hydrogen-bond acceptors (Lipinski definition) is 5. The van der Waals surface area contributed by atoms with E-state index in [0.717, 1.165) is 11.3 Å². The number of H-pyrrole nitrogens is 1. The van der Waals surface area contributed by atoms with E-state index in [1.807, 2.05) is 32.9 Å². The number of carbonyl (C=O) groups is 1. The van der Waals surface area contributed by atoms with E-state index >= 15 is 0 Å². The number of hydrogen-bond donors (Lipinski definition) is 3. The molecule has 3 N–H and O–H groups in total. The third-order valence-electron chi connectivity index (χ3n) is 4.52. The highest BCUT2D eigenvalue weighted by atomic mass is 16.6. The number of amides is 1. The number of aromatic nitrogens is 2. The highest BCUT2D eigenvalue weighted by Crippen LogP contribution is 2.40. The monoisotopic (exact) mass is 357 g/mol. The van der Waals surface area contributed by atoms with Gasteiger partial charge in [0.2, 0.25) is 0 Å². The van der Waals surface area contributed by atoms with Crippen LogP contribution in [0.2, 0.25) is 0 Å². The molecule has 2 heterocycles. The Labute approximate surface area is 153 Å². The minimum absolute atomic E-state index is 0.0335. The van der Waals surface area contributed by atoms with Gasteiger partial charge in [-0.3, -0.25) is 4.90 Å². The minimum Gasteiger partial charge on any atom is -0.444 e. The van der Waals surface area contributed by atoms with E-state index in [1.165, 1.54) is 0 Å². The van der Waals surface area contributed by atoms with Crippen LogP contribution in [0, 0.1) is 0 Å². The smallest absolute Gasteiger partial charge is 0.444 e. The van der Waals surface area contributed by atoms with Gasteiger partial charge in [-0.25, -0.2) is 9.78 Å². The molecule has 0 saturated carbocycles. The molecule has 0 aliphatic carbocycles. The van der Waals surface area contributed by atoms with Gasteiger partial charge in [-0.2, -0.15) is 0 Å². The van der Waals surface area contributed by atoms with Crippen molar-refractivity contribution in [1.29, 1.82) is 0 Å². The summed E-state index contributed by atoms with van der Waals surface area (Å²) in [5, 5.41) is 19.4. The largest absolute Gasteiger partial charge is 0.488 e. The van der Waals surface area contributed by atoms with E-state index in [9.17, 15) is 14.8 Å². The van der Waals surface area contributed by atoms with Crippen molar-refractivity contribution in [2.75, 3.05) is 6.54 Å². The van der Waals surface area contributed by atoms with Gasteiger partial charge >= 0.3 is 13.2 Å². The van der Waals surface area contributed by atoms with Gasteiger partial charge in [0, 0.05) is 12.5 Å². The Bertz CT molecular complexity index is 758. The molecule has 0 spiro atoms. The number of benzene rings is 1. The van der Waals surface area contributed by atoms with Crippen LogP contribution in [0.5, 0.6) is 0 Å². The van der Waals surface area contributed by atoms with Crippen LogP contribution in [0.25, 0.3) is 0 Å². The first-order valence-corrected chi connectivity index (χ1v) is 8.69. The van der Waals surface area contributed by atoms with Crippen molar-refractivity contribution in [3.8, 4) is 0 Å². The molecule has 1 fully saturated rings. The quantitative estimate of drug-likeness (QED) is 0.724. The molecule has 2 aromatic rings. The van der Waals surface area contributed by atoms with Crippen LogP contribution in [-0.2, 0) is 4.74 Å². The molecule has 138 valence electrons. The van der Waals surface area contributed by atoms with Crippen molar-refractivity contribution in [2.45, 2.75) is 44.8 Å². The average molecular weight is 357 g/mol. The molecule has 1 saturated heterocycles. The molecule has 0 radical (unpaired) electrons. The van der Waals surface area contributed by atoms with Crippen LogP contribution in [0.1, 0.15) is 50.4 Å². The first-order chi connectivity index (χ1) is 12.3.